The Bertz CT molecular complexity index is 99.2. The topological polar surface area (TPSA) is 9.23 Å². The lowest BCUT2D eigenvalue weighted by molar-refractivity contribution is 0.194. The quantitative estimate of drug-likeness (QED) is 0.487. The van der Waals surface area contributed by atoms with Gasteiger partial charge in [0, 0.05) is 24.2 Å². The molecule has 0 rings (SSSR count). The van der Waals surface area contributed by atoms with Gasteiger partial charge in [-0.25, -0.2) is 0 Å². The highest BCUT2D eigenvalue weighted by Crippen LogP contribution is 2.35. The second-order valence-corrected chi connectivity index (χ2v) is 6.96. The van der Waals surface area contributed by atoms with E-state index in [0.29, 0.717) is 4.75 Å². The molecule has 0 aromatic carbocycles. The monoisotopic (exact) mass is 208 g/mol. The second kappa shape index (κ2) is 7.10. The van der Waals surface area contributed by atoms with Crippen LogP contribution in [0.3, 0.4) is 0 Å². The van der Waals surface area contributed by atoms with E-state index in [1.54, 1.807) is 7.11 Å². The molecule has 0 spiro atoms. The van der Waals surface area contributed by atoms with Crippen molar-refractivity contribution < 1.29 is 4.74 Å². The fraction of sp³-hybridized carbons (Fsp3) is 1.00. The summed E-state index contributed by atoms with van der Waals surface area (Å²) >= 11 is 0. The van der Waals surface area contributed by atoms with Crippen molar-refractivity contribution in [3.63, 3.8) is 0 Å². The van der Waals surface area contributed by atoms with E-state index in [9.17, 15) is 0 Å². The number of hydrogen-bond acceptors (Lipinski definition) is 3. The number of unbranched alkanes of at least 4 members (excludes halogenated alkanes) is 1. The average Bonchev–Trinajstić information content (AvgIpc) is 1.94. The summed E-state index contributed by atoms with van der Waals surface area (Å²) in [5, 5.41) is 0. The average molecular weight is 208 g/mol. The summed E-state index contributed by atoms with van der Waals surface area (Å²) in [6.45, 7) is 7.65. The highest BCUT2D eigenvalue weighted by molar-refractivity contribution is 8.77. The molecule has 0 saturated carbocycles. The molecule has 0 aromatic heterocycles. The molecule has 0 radical (unpaired) electrons. The molecule has 0 atom stereocenters. The van der Waals surface area contributed by atoms with E-state index in [1.165, 1.54) is 18.6 Å². The largest absolute Gasteiger partial charge is 0.385 e. The molecular formula is C9H20OS2. The SMILES string of the molecule is COCCCCSSC(C)(C)C. The molecule has 0 amide bonds. The van der Waals surface area contributed by atoms with Gasteiger partial charge in [-0.05, 0) is 12.8 Å². The van der Waals surface area contributed by atoms with E-state index in [1.807, 2.05) is 21.6 Å². The van der Waals surface area contributed by atoms with E-state index in [4.69, 9.17) is 4.74 Å². The van der Waals surface area contributed by atoms with Crippen LogP contribution in [0, 0.1) is 0 Å². The van der Waals surface area contributed by atoms with Crippen molar-refractivity contribution in [1.29, 1.82) is 0 Å². The molecule has 1 nitrogen and oxygen atoms in total. The lowest BCUT2D eigenvalue weighted by Crippen LogP contribution is -2.04. The van der Waals surface area contributed by atoms with Gasteiger partial charge in [-0.15, -0.1) is 0 Å². The van der Waals surface area contributed by atoms with Gasteiger partial charge in [0.05, 0.1) is 0 Å². The molecule has 12 heavy (non-hydrogen) atoms. The summed E-state index contributed by atoms with van der Waals surface area (Å²) in [6.07, 6.45) is 2.45. The lowest BCUT2D eigenvalue weighted by Gasteiger charge is -2.15. The Morgan fingerprint density at radius 3 is 2.33 bits per heavy atom. The first-order valence-corrected chi connectivity index (χ1v) is 6.68. The third-order valence-electron chi connectivity index (χ3n) is 1.14. The number of methoxy groups -OCH3 is 1. The molecule has 3 heteroatoms. The zero-order chi connectivity index (χ0) is 9.45. The van der Waals surface area contributed by atoms with Gasteiger partial charge in [-0.2, -0.15) is 0 Å². The maximum Gasteiger partial charge on any atom is 0.0462 e. The Balaban J connectivity index is 3.01. The standard InChI is InChI=1S/C9H20OS2/c1-9(2,3)12-11-8-6-5-7-10-4/h5-8H2,1-4H3. The van der Waals surface area contributed by atoms with Gasteiger partial charge in [0.25, 0.3) is 0 Å². The number of ether oxygens (including phenoxy) is 1. The molecule has 0 N–H and O–H groups in total. The molecule has 74 valence electrons. The first-order valence-electron chi connectivity index (χ1n) is 4.36. The van der Waals surface area contributed by atoms with Crippen LogP contribution in [0.2, 0.25) is 0 Å². The first-order chi connectivity index (χ1) is 5.56. The van der Waals surface area contributed by atoms with E-state index in [0.717, 1.165) is 6.61 Å². The summed E-state index contributed by atoms with van der Waals surface area (Å²) in [5.74, 6) is 1.24. The van der Waals surface area contributed by atoms with Gasteiger partial charge in [0.2, 0.25) is 0 Å². The summed E-state index contributed by atoms with van der Waals surface area (Å²) in [4.78, 5) is 0. The van der Waals surface area contributed by atoms with Gasteiger partial charge < -0.3 is 4.74 Å². The minimum Gasteiger partial charge on any atom is -0.385 e. The molecule has 0 aromatic rings. The van der Waals surface area contributed by atoms with Crippen LogP contribution in [0.25, 0.3) is 0 Å². The Hall–Kier alpha value is 0.660. The minimum atomic E-state index is 0.395. The predicted octanol–water partition coefficient (Wildman–Crippen LogP) is 3.59. The van der Waals surface area contributed by atoms with E-state index >= 15 is 0 Å². The molecule has 0 bridgehead atoms. The summed E-state index contributed by atoms with van der Waals surface area (Å²) in [7, 11) is 5.70. The zero-order valence-electron chi connectivity index (χ0n) is 8.55. The van der Waals surface area contributed by atoms with Gasteiger partial charge in [0.15, 0.2) is 0 Å². The van der Waals surface area contributed by atoms with Crippen molar-refractivity contribution in [2.24, 2.45) is 0 Å². The maximum absolute atomic E-state index is 4.97. The normalized spacial score (nSPS) is 12.0. The highest BCUT2D eigenvalue weighted by atomic mass is 33.1. The third kappa shape index (κ3) is 10.7. The van der Waals surface area contributed by atoms with Gasteiger partial charge in [-0.1, -0.05) is 42.4 Å². The summed E-state index contributed by atoms with van der Waals surface area (Å²) in [5.41, 5.74) is 0. The van der Waals surface area contributed by atoms with Crippen LogP contribution >= 0.6 is 21.6 Å². The zero-order valence-corrected chi connectivity index (χ0v) is 10.2. The van der Waals surface area contributed by atoms with Crippen molar-refractivity contribution in [2.75, 3.05) is 19.5 Å². The minimum absolute atomic E-state index is 0.395. The Labute approximate surface area is 84.4 Å². The van der Waals surface area contributed by atoms with E-state index in [-0.39, 0.29) is 0 Å². The van der Waals surface area contributed by atoms with Crippen molar-refractivity contribution >= 4 is 21.6 Å². The maximum atomic E-state index is 4.97. The Morgan fingerprint density at radius 1 is 1.17 bits per heavy atom. The van der Waals surface area contributed by atoms with Crippen LogP contribution < -0.4 is 0 Å². The summed E-state index contributed by atoms with van der Waals surface area (Å²) in [6, 6.07) is 0. The van der Waals surface area contributed by atoms with E-state index in [2.05, 4.69) is 20.8 Å². The van der Waals surface area contributed by atoms with Gasteiger partial charge in [-0.3, -0.25) is 0 Å². The van der Waals surface area contributed by atoms with Crippen LogP contribution in [-0.2, 0) is 4.74 Å². The van der Waals surface area contributed by atoms with E-state index < -0.39 is 0 Å². The van der Waals surface area contributed by atoms with Crippen molar-refractivity contribution in [1.82, 2.24) is 0 Å². The smallest absolute Gasteiger partial charge is 0.0462 e. The molecule has 0 heterocycles. The van der Waals surface area contributed by atoms with Crippen LogP contribution in [0.15, 0.2) is 0 Å². The van der Waals surface area contributed by atoms with Crippen LogP contribution in [0.1, 0.15) is 33.6 Å². The second-order valence-electron chi connectivity index (χ2n) is 3.72. The Morgan fingerprint density at radius 2 is 1.83 bits per heavy atom. The van der Waals surface area contributed by atoms with Crippen LogP contribution in [0.4, 0.5) is 0 Å². The molecular weight excluding hydrogens is 188 g/mol. The highest BCUT2D eigenvalue weighted by Gasteiger charge is 2.09. The fourth-order valence-corrected chi connectivity index (χ4v) is 3.05. The van der Waals surface area contributed by atoms with Gasteiger partial charge >= 0.3 is 0 Å². The predicted molar refractivity (Wildman–Crippen MR) is 60.9 cm³/mol. The molecule has 0 saturated heterocycles. The number of hydrogen-bond donors (Lipinski definition) is 0. The number of rotatable bonds is 6. The summed E-state index contributed by atoms with van der Waals surface area (Å²) < 4.78 is 5.37. The van der Waals surface area contributed by atoms with Crippen molar-refractivity contribution in [3.8, 4) is 0 Å². The lowest BCUT2D eigenvalue weighted by atomic mass is 10.3. The van der Waals surface area contributed by atoms with Crippen LogP contribution in [0.5, 0.6) is 0 Å². The first kappa shape index (κ1) is 12.7. The van der Waals surface area contributed by atoms with Crippen LogP contribution in [-0.4, -0.2) is 24.2 Å². The Kier molecular flexibility index (Phi) is 7.49. The van der Waals surface area contributed by atoms with Crippen molar-refractivity contribution in [2.45, 2.75) is 38.4 Å². The molecule has 0 unspecified atom stereocenters. The molecule has 0 fully saturated rings. The molecule has 0 aliphatic heterocycles. The van der Waals surface area contributed by atoms with Crippen molar-refractivity contribution in [3.05, 3.63) is 0 Å². The third-order valence-corrected chi connectivity index (χ3v) is 4.56. The fourth-order valence-electron chi connectivity index (χ4n) is 0.626. The molecule has 0 aliphatic carbocycles. The van der Waals surface area contributed by atoms with Gasteiger partial charge in [0.1, 0.15) is 0 Å². The molecule has 0 aliphatic rings.